The van der Waals surface area contributed by atoms with E-state index in [0.717, 1.165) is 12.1 Å². The highest BCUT2D eigenvalue weighted by Crippen LogP contribution is 2.35. The first kappa shape index (κ1) is 21.2. The number of anilines is 1. The molecule has 1 aromatic carbocycles. The summed E-state index contributed by atoms with van der Waals surface area (Å²) in [7, 11) is 0. The van der Waals surface area contributed by atoms with Gasteiger partial charge in [-0.25, -0.2) is 9.67 Å². The van der Waals surface area contributed by atoms with Gasteiger partial charge in [0.2, 0.25) is 0 Å². The van der Waals surface area contributed by atoms with Gasteiger partial charge in [0.05, 0.1) is 23.7 Å². The largest absolute Gasteiger partial charge is 0.462 e. The molecule has 0 aliphatic carbocycles. The van der Waals surface area contributed by atoms with Crippen molar-refractivity contribution in [1.29, 1.82) is 5.26 Å². The number of aromatic nitrogens is 3. The molecule has 2 heterocycles. The van der Waals surface area contributed by atoms with Crippen LogP contribution in [-0.2, 0) is 19.3 Å². The van der Waals surface area contributed by atoms with Crippen LogP contribution >= 0.6 is 0 Å². The molecule has 0 aliphatic rings. The second-order valence-electron chi connectivity index (χ2n) is 6.27. The predicted octanol–water partition coefficient (Wildman–Crippen LogP) is 4.38. The van der Waals surface area contributed by atoms with Crippen molar-refractivity contribution in [3.63, 3.8) is 0 Å². The Morgan fingerprint density at radius 1 is 1.07 bits per heavy atom. The third-order valence-electron chi connectivity index (χ3n) is 4.01. The lowest BCUT2D eigenvalue weighted by molar-refractivity contribution is -0.137. The van der Waals surface area contributed by atoms with Crippen molar-refractivity contribution in [2.45, 2.75) is 25.4 Å². The maximum atomic E-state index is 13.2. The van der Waals surface area contributed by atoms with Crippen LogP contribution in [0.4, 0.5) is 32.0 Å². The summed E-state index contributed by atoms with van der Waals surface area (Å²) in [6.45, 7) is -1.75. The number of nitriles is 1. The summed E-state index contributed by atoms with van der Waals surface area (Å²) >= 11 is 0. The van der Waals surface area contributed by atoms with Crippen LogP contribution in [0.5, 0.6) is 0 Å². The van der Waals surface area contributed by atoms with Crippen LogP contribution in [0.1, 0.15) is 22.6 Å². The molecular weight excluding hydrogens is 416 g/mol. The Morgan fingerprint density at radius 2 is 1.80 bits per heavy atom. The molecule has 0 saturated heterocycles. The molecule has 30 heavy (non-hydrogen) atoms. The maximum Gasteiger partial charge on any atom is 0.417 e. The smallest absolute Gasteiger partial charge is 0.417 e. The van der Waals surface area contributed by atoms with Crippen molar-refractivity contribution >= 4 is 5.69 Å². The predicted molar refractivity (Wildman–Crippen MR) is 91.1 cm³/mol. The number of furan rings is 1. The maximum absolute atomic E-state index is 13.2. The number of hydrogen-bond acceptors (Lipinski definition) is 5. The molecule has 3 aromatic rings. The highest BCUT2D eigenvalue weighted by atomic mass is 19.4. The van der Waals surface area contributed by atoms with Gasteiger partial charge in [-0.05, 0) is 30.3 Å². The first-order chi connectivity index (χ1) is 14.0. The van der Waals surface area contributed by atoms with E-state index in [0.29, 0.717) is 16.7 Å². The van der Waals surface area contributed by atoms with E-state index in [-0.39, 0.29) is 18.0 Å². The van der Waals surface area contributed by atoms with Crippen molar-refractivity contribution in [2.75, 3.05) is 11.4 Å². The van der Waals surface area contributed by atoms with Gasteiger partial charge in [-0.3, -0.25) is 0 Å². The topological polar surface area (TPSA) is 70.9 Å². The fourth-order valence-corrected chi connectivity index (χ4v) is 2.77. The van der Waals surface area contributed by atoms with Crippen LogP contribution in [0.15, 0.2) is 47.4 Å². The Hall–Kier alpha value is -3.49. The Kier molecular flexibility index (Phi) is 5.73. The number of rotatable bonds is 6. The van der Waals surface area contributed by atoms with Gasteiger partial charge in [-0.15, -0.1) is 0 Å². The van der Waals surface area contributed by atoms with E-state index in [2.05, 4.69) is 10.1 Å². The normalized spacial score (nSPS) is 12.0. The summed E-state index contributed by atoms with van der Waals surface area (Å²) in [6, 6.07) is 6.78. The lowest BCUT2D eigenvalue weighted by atomic mass is 10.1. The van der Waals surface area contributed by atoms with E-state index in [1.54, 1.807) is 0 Å². The van der Waals surface area contributed by atoms with Crippen molar-refractivity contribution in [3.05, 3.63) is 65.6 Å². The van der Waals surface area contributed by atoms with Crippen LogP contribution in [0.25, 0.3) is 0 Å². The van der Waals surface area contributed by atoms with E-state index in [1.807, 2.05) is 0 Å². The minimum atomic E-state index is -4.89. The fourth-order valence-electron chi connectivity index (χ4n) is 2.77. The Labute approximate surface area is 166 Å². The minimum Gasteiger partial charge on any atom is -0.462 e. The van der Waals surface area contributed by atoms with Crippen molar-refractivity contribution < 1.29 is 30.8 Å². The van der Waals surface area contributed by atoms with E-state index in [9.17, 15) is 26.3 Å². The van der Waals surface area contributed by atoms with Crippen LogP contribution in [0.3, 0.4) is 0 Å². The molecule has 0 N–H and O–H groups in total. The third-order valence-corrected chi connectivity index (χ3v) is 4.01. The van der Waals surface area contributed by atoms with Crippen LogP contribution < -0.4 is 4.90 Å². The van der Waals surface area contributed by atoms with Crippen LogP contribution in [0, 0.1) is 11.3 Å². The molecule has 0 unspecified atom stereocenters. The standard InChI is InChI=1S/C18H13F6N5O/c19-17(20,21)9-28(13-2-1-12(6-25)16(5-13)18(22,23)24)7-14-3-4-15(30-14)8-29-11-26-10-27-29/h1-5,10-11H,7-9H2. The zero-order valence-corrected chi connectivity index (χ0v) is 15.1. The number of nitrogens with zero attached hydrogens (tertiary/aromatic N) is 5. The molecule has 0 aliphatic heterocycles. The molecule has 2 aromatic heterocycles. The average molecular weight is 429 g/mol. The zero-order valence-electron chi connectivity index (χ0n) is 15.1. The molecule has 12 heteroatoms. The lowest BCUT2D eigenvalue weighted by Gasteiger charge is -2.26. The van der Waals surface area contributed by atoms with E-state index in [1.165, 1.54) is 35.5 Å². The summed E-state index contributed by atoms with van der Waals surface area (Å²) < 4.78 is 85.7. The highest BCUT2D eigenvalue weighted by molar-refractivity contribution is 5.55. The molecule has 0 spiro atoms. The molecule has 0 atom stereocenters. The summed E-state index contributed by atoms with van der Waals surface area (Å²) in [6.07, 6.45) is -6.84. The molecule has 3 rings (SSSR count). The third kappa shape index (κ3) is 5.31. The molecule has 6 nitrogen and oxygen atoms in total. The number of benzene rings is 1. The quantitative estimate of drug-likeness (QED) is 0.544. The SMILES string of the molecule is N#Cc1ccc(N(Cc2ccc(Cn3cncn3)o2)CC(F)(F)F)cc1C(F)(F)F. The molecule has 0 fully saturated rings. The molecule has 158 valence electrons. The summed E-state index contributed by atoms with van der Waals surface area (Å²) in [5.41, 5.74) is -2.32. The highest BCUT2D eigenvalue weighted by Gasteiger charge is 2.36. The van der Waals surface area contributed by atoms with Crippen LogP contribution in [-0.4, -0.2) is 27.5 Å². The van der Waals surface area contributed by atoms with Gasteiger partial charge in [0.25, 0.3) is 0 Å². The lowest BCUT2D eigenvalue weighted by Crippen LogP contribution is -2.34. The van der Waals surface area contributed by atoms with Gasteiger partial charge in [0.1, 0.15) is 37.3 Å². The minimum absolute atomic E-state index is 0.118. The second kappa shape index (κ2) is 8.10. The van der Waals surface area contributed by atoms with Crippen LogP contribution in [0.2, 0.25) is 0 Å². The van der Waals surface area contributed by atoms with Gasteiger partial charge in [0.15, 0.2) is 0 Å². The molecule has 0 bridgehead atoms. The Bertz CT molecular complexity index is 1030. The zero-order chi connectivity index (χ0) is 21.9. The van der Waals surface area contributed by atoms with Gasteiger partial charge >= 0.3 is 12.4 Å². The molecular formula is C18H13F6N5O. The van der Waals surface area contributed by atoms with Crippen molar-refractivity contribution in [1.82, 2.24) is 14.8 Å². The van der Waals surface area contributed by atoms with Crippen molar-refractivity contribution in [2.24, 2.45) is 0 Å². The van der Waals surface area contributed by atoms with E-state index >= 15 is 0 Å². The van der Waals surface area contributed by atoms with E-state index < -0.39 is 36.6 Å². The van der Waals surface area contributed by atoms with Gasteiger partial charge in [-0.2, -0.15) is 36.7 Å². The monoisotopic (exact) mass is 429 g/mol. The first-order valence-electron chi connectivity index (χ1n) is 8.38. The summed E-state index contributed by atoms with van der Waals surface area (Å²) in [4.78, 5) is 4.46. The average Bonchev–Trinajstić information content (AvgIpc) is 3.31. The van der Waals surface area contributed by atoms with Crippen molar-refractivity contribution in [3.8, 4) is 6.07 Å². The van der Waals surface area contributed by atoms with Gasteiger partial charge < -0.3 is 9.32 Å². The van der Waals surface area contributed by atoms with E-state index in [4.69, 9.17) is 9.68 Å². The molecule has 0 radical (unpaired) electrons. The Balaban J connectivity index is 1.89. The number of alkyl halides is 6. The second-order valence-corrected chi connectivity index (χ2v) is 6.27. The Morgan fingerprint density at radius 3 is 2.40 bits per heavy atom. The molecule has 0 saturated carbocycles. The van der Waals surface area contributed by atoms with Gasteiger partial charge in [0, 0.05) is 5.69 Å². The fraction of sp³-hybridized carbons (Fsp3) is 0.278. The first-order valence-corrected chi connectivity index (χ1v) is 8.38. The number of hydrogen-bond donors (Lipinski definition) is 0. The number of halogens is 6. The summed E-state index contributed by atoms with van der Waals surface area (Å²) in [5.74, 6) is 0.505. The molecule has 0 amide bonds. The summed E-state index contributed by atoms with van der Waals surface area (Å²) in [5, 5.41) is 12.8. The van der Waals surface area contributed by atoms with Gasteiger partial charge in [-0.1, -0.05) is 0 Å².